The van der Waals surface area contributed by atoms with Crippen molar-refractivity contribution < 1.29 is 8.42 Å². The lowest BCUT2D eigenvalue weighted by molar-refractivity contribution is 0.0815. The molecule has 174 valence electrons. The van der Waals surface area contributed by atoms with E-state index in [4.69, 9.17) is 0 Å². The Hall–Kier alpha value is -1.25. The summed E-state index contributed by atoms with van der Waals surface area (Å²) in [5.41, 5.74) is 2.52. The molecule has 32 heavy (non-hydrogen) atoms. The summed E-state index contributed by atoms with van der Waals surface area (Å²) >= 11 is 3.51. The number of rotatable bonds is 6. The molecular weight excluding hydrogens is 486 g/mol. The molecule has 1 unspecified atom stereocenters. The number of benzene rings is 2. The molecule has 2 heterocycles. The molecule has 0 amide bonds. The summed E-state index contributed by atoms with van der Waals surface area (Å²) in [6.07, 6.45) is 4.15. The normalized spacial score (nSPS) is 24.1. The van der Waals surface area contributed by atoms with Crippen LogP contribution in [0.3, 0.4) is 0 Å². The van der Waals surface area contributed by atoms with E-state index in [0.717, 1.165) is 49.8 Å². The van der Waals surface area contributed by atoms with E-state index in [-0.39, 0.29) is 5.41 Å². The zero-order valence-electron chi connectivity index (χ0n) is 19.1. The van der Waals surface area contributed by atoms with Gasteiger partial charge in [0.25, 0.3) is 10.2 Å². The van der Waals surface area contributed by atoms with E-state index in [2.05, 4.69) is 75.4 Å². The molecule has 2 fully saturated rings. The Labute approximate surface area is 201 Å². The van der Waals surface area contributed by atoms with E-state index in [0.29, 0.717) is 19.0 Å². The molecule has 2 saturated heterocycles. The first-order valence-electron chi connectivity index (χ1n) is 11.5. The van der Waals surface area contributed by atoms with Crippen molar-refractivity contribution in [3.8, 4) is 0 Å². The van der Waals surface area contributed by atoms with Gasteiger partial charge in [-0.25, -0.2) is 0 Å². The van der Waals surface area contributed by atoms with Gasteiger partial charge in [-0.1, -0.05) is 58.4 Å². The fourth-order valence-corrected chi connectivity index (χ4v) is 7.02. The Kier molecular flexibility index (Phi) is 7.42. The van der Waals surface area contributed by atoms with Crippen LogP contribution in [0.4, 0.5) is 0 Å². The smallest absolute Gasteiger partial charge is 0.281 e. The molecule has 0 saturated carbocycles. The lowest BCUT2D eigenvalue weighted by Gasteiger charge is -2.50. The second-order valence-electron chi connectivity index (χ2n) is 9.43. The molecule has 0 aliphatic carbocycles. The minimum Gasteiger partial charge on any atom is -0.299 e. The van der Waals surface area contributed by atoms with Gasteiger partial charge < -0.3 is 0 Å². The Morgan fingerprint density at radius 1 is 1.00 bits per heavy atom. The van der Waals surface area contributed by atoms with E-state index in [1.165, 1.54) is 15.4 Å². The summed E-state index contributed by atoms with van der Waals surface area (Å²) in [5, 5.41) is 0. The molecule has 5 nitrogen and oxygen atoms in total. The van der Waals surface area contributed by atoms with Gasteiger partial charge in [-0.3, -0.25) is 4.90 Å². The van der Waals surface area contributed by atoms with Crippen molar-refractivity contribution in [3.63, 3.8) is 0 Å². The van der Waals surface area contributed by atoms with Gasteiger partial charge >= 0.3 is 0 Å². The van der Waals surface area contributed by atoms with Gasteiger partial charge in [0.1, 0.15) is 0 Å². The van der Waals surface area contributed by atoms with Crippen LogP contribution in [0.5, 0.6) is 0 Å². The first-order chi connectivity index (χ1) is 15.3. The number of likely N-dealkylation sites (tertiary alicyclic amines) is 1. The summed E-state index contributed by atoms with van der Waals surface area (Å²) in [6.45, 7) is 4.26. The van der Waals surface area contributed by atoms with E-state index >= 15 is 0 Å². The minimum atomic E-state index is -3.42. The van der Waals surface area contributed by atoms with Crippen molar-refractivity contribution in [2.45, 2.75) is 37.6 Å². The van der Waals surface area contributed by atoms with Crippen molar-refractivity contribution >= 4 is 26.1 Å². The highest BCUT2D eigenvalue weighted by Gasteiger charge is 2.47. The zero-order valence-corrected chi connectivity index (χ0v) is 21.5. The SMILES string of the molecule is CN(C)S(=O)(=O)N1CCCC(c2ccccc2)(C2CCN(Cc3ccc(Br)cc3)CC2)C1. The van der Waals surface area contributed by atoms with Gasteiger partial charge in [-0.2, -0.15) is 17.0 Å². The third kappa shape index (κ3) is 4.97. The first kappa shape index (κ1) is 23.9. The van der Waals surface area contributed by atoms with Crippen LogP contribution >= 0.6 is 15.9 Å². The first-order valence-corrected chi connectivity index (χ1v) is 13.7. The van der Waals surface area contributed by atoms with Gasteiger partial charge in [0, 0.05) is 43.6 Å². The second-order valence-corrected chi connectivity index (χ2v) is 12.5. The van der Waals surface area contributed by atoms with Gasteiger partial charge in [0.2, 0.25) is 0 Å². The highest BCUT2D eigenvalue weighted by atomic mass is 79.9. The number of piperidine rings is 2. The van der Waals surface area contributed by atoms with Crippen molar-refractivity contribution in [3.05, 3.63) is 70.2 Å². The molecule has 2 aromatic carbocycles. The maximum Gasteiger partial charge on any atom is 0.281 e. The summed E-state index contributed by atoms with van der Waals surface area (Å²) in [6, 6.07) is 19.2. The van der Waals surface area contributed by atoms with Crippen LogP contribution in [0.15, 0.2) is 59.1 Å². The third-order valence-corrected chi connectivity index (χ3v) is 9.73. The van der Waals surface area contributed by atoms with Crippen LogP contribution in [-0.4, -0.2) is 62.2 Å². The van der Waals surface area contributed by atoms with E-state index in [1.54, 1.807) is 18.4 Å². The predicted octanol–water partition coefficient (Wildman–Crippen LogP) is 4.50. The van der Waals surface area contributed by atoms with Crippen molar-refractivity contribution in [2.24, 2.45) is 5.92 Å². The van der Waals surface area contributed by atoms with Gasteiger partial charge in [0.15, 0.2) is 0 Å². The largest absolute Gasteiger partial charge is 0.299 e. The van der Waals surface area contributed by atoms with Crippen molar-refractivity contribution in [2.75, 3.05) is 40.3 Å². The highest BCUT2D eigenvalue weighted by molar-refractivity contribution is 9.10. The fraction of sp³-hybridized carbons (Fsp3) is 0.520. The minimum absolute atomic E-state index is 0.119. The van der Waals surface area contributed by atoms with Crippen molar-refractivity contribution in [1.29, 1.82) is 0 Å². The summed E-state index contributed by atoms with van der Waals surface area (Å²) in [4.78, 5) is 2.54. The van der Waals surface area contributed by atoms with Gasteiger partial charge in [-0.05, 0) is 68.0 Å². The topological polar surface area (TPSA) is 43.9 Å². The molecule has 0 aromatic heterocycles. The quantitative estimate of drug-likeness (QED) is 0.564. The maximum atomic E-state index is 13.0. The zero-order chi connectivity index (χ0) is 22.8. The molecule has 0 radical (unpaired) electrons. The summed E-state index contributed by atoms with van der Waals surface area (Å²) in [5.74, 6) is 0.478. The molecule has 2 aliphatic heterocycles. The van der Waals surface area contributed by atoms with Crippen LogP contribution in [-0.2, 0) is 22.2 Å². The van der Waals surface area contributed by atoms with Crippen LogP contribution in [0, 0.1) is 5.92 Å². The Balaban J connectivity index is 1.54. The molecule has 4 rings (SSSR count). The average molecular weight is 521 g/mol. The summed E-state index contributed by atoms with van der Waals surface area (Å²) in [7, 11) is -0.153. The Morgan fingerprint density at radius 2 is 1.66 bits per heavy atom. The molecule has 0 bridgehead atoms. The molecule has 2 aliphatic rings. The molecular formula is C25H34BrN3O2S. The van der Waals surface area contributed by atoms with Crippen LogP contribution in [0.25, 0.3) is 0 Å². The van der Waals surface area contributed by atoms with Crippen LogP contribution in [0.1, 0.15) is 36.8 Å². The molecule has 0 N–H and O–H groups in total. The second kappa shape index (κ2) is 9.94. The third-order valence-electron chi connectivity index (χ3n) is 7.31. The summed E-state index contributed by atoms with van der Waals surface area (Å²) < 4.78 is 30.2. The van der Waals surface area contributed by atoms with Crippen LogP contribution in [0.2, 0.25) is 0 Å². The van der Waals surface area contributed by atoms with Gasteiger partial charge in [0.05, 0.1) is 0 Å². The fourth-order valence-electron chi connectivity index (χ4n) is 5.54. The molecule has 1 atom stereocenters. The lowest BCUT2D eigenvalue weighted by atomic mass is 9.63. The highest BCUT2D eigenvalue weighted by Crippen LogP contribution is 2.45. The van der Waals surface area contributed by atoms with Crippen LogP contribution < -0.4 is 0 Å². The van der Waals surface area contributed by atoms with Crippen molar-refractivity contribution in [1.82, 2.24) is 13.5 Å². The standard InChI is InChI=1S/C25H34BrN3O2S/c1-27(2)32(30,31)29-16-6-15-25(20-29,22-7-4-3-5-8-22)23-13-17-28(18-14-23)19-21-9-11-24(26)12-10-21/h3-5,7-12,23H,6,13-20H2,1-2H3. The molecule has 7 heteroatoms. The number of nitrogens with zero attached hydrogens (tertiary/aromatic N) is 3. The lowest BCUT2D eigenvalue weighted by Crippen LogP contribution is -2.55. The van der Waals surface area contributed by atoms with E-state index in [9.17, 15) is 8.42 Å². The number of halogens is 1. The predicted molar refractivity (Wildman–Crippen MR) is 134 cm³/mol. The maximum absolute atomic E-state index is 13.0. The Bertz CT molecular complexity index is 990. The molecule has 2 aromatic rings. The monoisotopic (exact) mass is 519 g/mol. The Morgan fingerprint density at radius 3 is 2.28 bits per heavy atom. The van der Waals surface area contributed by atoms with E-state index in [1.807, 2.05) is 0 Å². The van der Waals surface area contributed by atoms with E-state index < -0.39 is 10.2 Å². The number of hydrogen-bond acceptors (Lipinski definition) is 3. The molecule has 0 spiro atoms. The average Bonchev–Trinajstić information content (AvgIpc) is 2.81. The number of hydrogen-bond donors (Lipinski definition) is 0. The van der Waals surface area contributed by atoms with Gasteiger partial charge in [-0.15, -0.1) is 0 Å².